The van der Waals surface area contributed by atoms with Crippen molar-refractivity contribution in [1.29, 1.82) is 0 Å². The van der Waals surface area contributed by atoms with Crippen molar-refractivity contribution in [2.45, 2.75) is 12.8 Å². The summed E-state index contributed by atoms with van der Waals surface area (Å²) in [6, 6.07) is 14.3. The molecule has 0 radical (unpaired) electrons. The van der Waals surface area contributed by atoms with Crippen LogP contribution in [0.1, 0.15) is 12.8 Å². The van der Waals surface area contributed by atoms with Crippen molar-refractivity contribution in [3.8, 4) is 5.75 Å². The Kier molecular flexibility index (Phi) is 11.0. The van der Waals surface area contributed by atoms with Gasteiger partial charge in [-0.15, -0.1) is 0 Å². The van der Waals surface area contributed by atoms with E-state index >= 15 is 0 Å². The van der Waals surface area contributed by atoms with Gasteiger partial charge in [0.05, 0.1) is 16.7 Å². The minimum atomic E-state index is -3.92. The fourth-order valence-electron chi connectivity index (χ4n) is 2.08. The molecule has 2 aromatic rings. The molecule has 0 aliphatic carbocycles. The third-order valence-corrected chi connectivity index (χ3v) is 4.16. The Bertz CT molecular complexity index is 751. The smallest absolute Gasteiger partial charge is 0.127 e. The Hall–Kier alpha value is -1.54. The Morgan fingerprint density at radius 2 is 1.81 bits per heavy atom. The predicted molar refractivity (Wildman–Crippen MR) is 109 cm³/mol. The van der Waals surface area contributed by atoms with Crippen molar-refractivity contribution >= 4 is 32.7 Å². The average Bonchev–Trinajstić information content (AvgIpc) is 2.63. The van der Waals surface area contributed by atoms with Gasteiger partial charge in [-0.1, -0.05) is 36.4 Å². The number of ether oxygens (including phenoxy) is 2. The molecule has 0 atom stereocenters. The van der Waals surface area contributed by atoms with E-state index in [9.17, 15) is 0 Å². The number of hydrogen-bond acceptors (Lipinski definition) is 5. The number of allylic oxidation sites excluding steroid dienone is 1. The molecule has 0 N–H and O–H groups in total. The van der Waals surface area contributed by atoms with E-state index in [1.165, 1.54) is 35.7 Å². The molecule has 1 aliphatic rings. The fraction of sp³-hybridized carbons (Fsp3) is 0.368. The van der Waals surface area contributed by atoms with Crippen LogP contribution in [0.15, 0.2) is 53.9 Å². The molecule has 0 aromatic heterocycles. The maximum absolute atomic E-state index is 9.08. The van der Waals surface area contributed by atoms with Gasteiger partial charge in [0.25, 0.3) is 0 Å². The predicted octanol–water partition coefficient (Wildman–Crippen LogP) is 3.14. The molecule has 5 nitrogen and oxygen atoms in total. The van der Waals surface area contributed by atoms with Gasteiger partial charge in [0.15, 0.2) is 0 Å². The molecular weight excluding hydrogens is 372 g/mol. The highest BCUT2D eigenvalue weighted by Crippen LogP contribution is 2.24. The molecule has 3 rings (SSSR count). The van der Waals surface area contributed by atoms with Crippen LogP contribution < -0.4 is 4.74 Å². The summed E-state index contributed by atoms with van der Waals surface area (Å²) >= 11 is 1.52. The highest BCUT2D eigenvalue weighted by atomic mass is 32.2. The number of rotatable bonds is 4. The summed E-state index contributed by atoms with van der Waals surface area (Å²) in [5, 5.41) is 4.59. The van der Waals surface area contributed by atoms with Crippen LogP contribution in [-0.4, -0.2) is 45.3 Å². The van der Waals surface area contributed by atoms with Crippen molar-refractivity contribution in [1.82, 2.24) is 0 Å². The Labute approximate surface area is 160 Å². The van der Waals surface area contributed by atoms with Crippen LogP contribution in [0.4, 0.5) is 0 Å². The van der Waals surface area contributed by atoms with Gasteiger partial charge >= 0.3 is 0 Å². The number of benzene rings is 2. The van der Waals surface area contributed by atoms with E-state index < -0.39 is 10.1 Å². The second kappa shape index (κ2) is 12.8. The number of hydrogen-bond donors (Lipinski definition) is 0. The molecule has 7 heteroatoms. The minimum Gasteiger partial charge on any atom is -0.748 e. The lowest BCUT2D eigenvalue weighted by molar-refractivity contribution is 0.147. The zero-order chi connectivity index (χ0) is 19.3. The summed E-state index contributed by atoms with van der Waals surface area (Å²) in [4.78, 5) is 0. The molecule has 0 amide bonds. The lowest BCUT2D eigenvalue weighted by Gasteiger charge is -2.08. The SMILES string of the molecule is C1=C[SH+]CCC1.COCCOc1cccc2ccccc12.CS(=O)(=O)[O-]. The van der Waals surface area contributed by atoms with Gasteiger partial charge in [0.1, 0.15) is 23.5 Å². The first kappa shape index (κ1) is 22.5. The van der Waals surface area contributed by atoms with Crippen LogP contribution in [0.5, 0.6) is 5.75 Å². The molecule has 0 saturated heterocycles. The molecule has 0 fully saturated rings. The van der Waals surface area contributed by atoms with Crippen LogP contribution in [0, 0.1) is 0 Å². The minimum absolute atomic E-state index is 0.588. The van der Waals surface area contributed by atoms with Crippen molar-refractivity contribution in [3.05, 3.63) is 53.9 Å². The van der Waals surface area contributed by atoms with Crippen molar-refractivity contribution in [2.24, 2.45) is 0 Å². The average molecular weight is 399 g/mol. The Morgan fingerprint density at radius 1 is 1.12 bits per heavy atom. The number of fused-ring (bicyclic) bond motifs is 1. The highest BCUT2D eigenvalue weighted by Gasteiger charge is 2.00. The summed E-state index contributed by atoms with van der Waals surface area (Å²) in [5.41, 5.74) is 0. The summed E-state index contributed by atoms with van der Waals surface area (Å²) in [6.07, 6.45) is 5.57. The maximum atomic E-state index is 9.08. The Morgan fingerprint density at radius 3 is 2.35 bits per heavy atom. The first-order valence-corrected chi connectivity index (χ1v) is 11.2. The van der Waals surface area contributed by atoms with Crippen LogP contribution in [0.2, 0.25) is 0 Å². The second-order valence-corrected chi connectivity index (χ2v) is 7.97. The zero-order valence-corrected chi connectivity index (χ0v) is 16.8. The van der Waals surface area contributed by atoms with E-state index in [1.807, 2.05) is 24.3 Å². The van der Waals surface area contributed by atoms with E-state index in [2.05, 4.69) is 29.7 Å². The fourth-order valence-corrected chi connectivity index (χ4v) is 2.89. The molecule has 0 saturated carbocycles. The topological polar surface area (TPSA) is 75.7 Å². The van der Waals surface area contributed by atoms with Gasteiger partial charge in [0, 0.05) is 30.5 Å². The summed E-state index contributed by atoms with van der Waals surface area (Å²) in [7, 11) is -2.24. The van der Waals surface area contributed by atoms with Crippen molar-refractivity contribution in [3.63, 3.8) is 0 Å². The standard InChI is InChI=1S/C13H14O2.C5H8S.CH4O3S/c1-14-9-10-15-13-8-4-6-11-5-2-3-7-12(11)13;1-2-4-6-5-3-1;1-5(2,3)4/h2-8H,9-10H2,1H3;2,4H,1,3,5H2;1H3,(H,2,3,4). The third-order valence-electron chi connectivity index (χ3n) is 3.16. The Balaban J connectivity index is 0.000000253. The lowest BCUT2D eigenvalue weighted by atomic mass is 10.1. The van der Waals surface area contributed by atoms with E-state index in [1.54, 1.807) is 7.11 Å². The highest BCUT2D eigenvalue weighted by molar-refractivity contribution is 7.84. The van der Waals surface area contributed by atoms with Crippen LogP contribution in [0.25, 0.3) is 10.8 Å². The molecule has 2 aromatic carbocycles. The molecular formula is C19H26O5S2. The summed E-state index contributed by atoms with van der Waals surface area (Å²) < 4.78 is 37.8. The number of thiol groups is 1. The maximum Gasteiger partial charge on any atom is 0.127 e. The monoisotopic (exact) mass is 398 g/mol. The lowest BCUT2D eigenvalue weighted by Crippen LogP contribution is -2.04. The first-order chi connectivity index (χ1) is 12.4. The summed E-state index contributed by atoms with van der Waals surface area (Å²) in [5.74, 6) is 2.31. The van der Waals surface area contributed by atoms with Crippen molar-refractivity contribution in [2.75, 3.05) is 32.3 Å². The second-order valence-electron chi connectivity index (χ2n) is 5.46. The van der Waals surface area contributed by atoms with Gasteiger partial charge in [-0.3, -0.25) is 0 Å². The first-order valence-electron chi connectivity index (χ1n) is 8.24. The third kappa shape index (κ3) is 11.1. The van der Waals surface area contributed by atoms with Gasteiger partial charge < -0.3 is 14.0 Å². The number of methoxy groups -OCH3 is 1. The molecule has 1 aliphatic heterocycles. The van der Waals surface area contributed by atoms with E-state index in [4.69, 9.17) is 22.4 Å². The van der Waals surface area contributed by atoms with Crippen LogP contribution >= 0.6 is 0 Å². The van der Waals surface area contributed by atoms with Gasteiger partial charge in [-0.25, -0.2) is 8.42 Å². The van der Waals surface area contributed by atoms with Crippen molar-refractivity contribution < 1.29 is 22.4 Å². The van der Waals surface area contributed by atoms with E-state index in [0.717, 1.165) is 11.1 Å². The normalized spacial score (nSPS) is 13.2. The molecule has 0 unspecified atom stereocenters. The molecule has 144 valence electrons. The van der Waals surface area contributed by atoms with Crippen LogP contribution in [-0.2, 0) is 26.6 Å². The van der Waals surface area contributed by atoms with Gasteiger partial charge in [-0.05, 0) is 30.4 Å². The molecule has 26 heavy (non-hydrogen) atoms. The molecule has 0 bridgehead atoms. The summed E-state index contributed by atoms with van der Waals surface area (Å²) in [6.45, 7) is 1.20. The molecule has 1 heterocycles. The quantitative estimate of drug-likeness (QED) is 0.342. The van der Waals surface area contributed by atoms with E-state index in [0.29, 0.717) is 19.5 Å². The van der Waals surface area contributed by atoms with Crippen LogP contribution in [0.3, 0.4) is 0 Å². The van der Waals surface area contributed by atoms with E-state index in [-0.39, 0.29) is 0 Å². The zero-order valence-electron chi connectivity index (χ0n) is 15.1. The van der Waals surface area contributed by atoms with Gasteiger partial charge in [0.2, 0.25) is 0 Å². The van der Waals surface area contributed by atoms with Gasteiger partial charge in [-0.2, -0.15) is 0 Å². The largest absolute Gasteiger partial charge is 0.748 e. The molecule has 0 spiro atoms.